The highest BCUT2D eigenvalue weighted by Crippen LogP contribution is 2.21. The maximum Gasteiger partial charge on any atom is 0.273 e. The first-order valence-electron chi connectivity index (χ1n) is 8.61. The van der Waals surface area contributed by atoms with Crippen LogP contribution in [0.4, 0.5) is 4.39 Å². The number of nitrogens with zero attached hydrogens (tertiary/aromatic N) is 7. The van der Waals surface area contributed by atoms with Gasteiger partial charge in [0.1, 0.15) is 29.2 Å². The summed E-state index contributed by atoms with van der Waals surface area (Å²) in [5.74, 6) is -0.343. The summed E-state index contributed by atoms with van der Waals surface area (Å²) in [6.45, 7) is 4.31. The van der Waals surface area contributed by atoms with Crippen molar-refractivity contribution in [3.05, 3.63) is 59.6 Å². The largest absolute Gasteiger partial charge is 0.331 e. The zero-order chi connectivity index (χ0) is 19.7. The Morgan fingerprint density at radius 3 is 2.71 bits per heavy atom. The first kappa shape index (κ1) is 17.7. The van der Waals surface area contributed by atoms with E-state index in [1.165, 1.54) is 23.0 Å². The van der Waals surface area contributed by atoms with E-state index in [2.05, 4.69) is 25.4 Å². The van der Waals surface area contributed by atoms with Gasteiger partial charge in [0.25, 0.3) is 11.7 Å². The summed E-state index contributed by atoms with van der Waals surface area (Å²) in [5, 5.41) is 11.7. The number of hydrogen-bond acceptors (Lipinski definition) is 7. The Balaban J connectivity index is 1.75. The van der Waals surface area contributed by atoms with Gasteiger partial charge in [0.05, 0.1) is 12.2 Å². The molecule has 3 heterocycles. The van der Waals surface area contributed by atoms with E-state index in [-0.39, 0.29) is 29.7 Å². The molecule has 0 aliphatic rings. The molecule has 4 rings (SSSR count). The second kappa shape index (κ2) is 7.14. The second-order valence-electron chi connectivity index (χ2n) is 6.12. The zero-order valence-corrected chi connectivity index (χ0v) is 15.2. The fourth-order valence-electron chi connectivity index (χ4n) is 2.80. The van der Waals surface area contributed by atoms with Gasteiger partial charge in [-0.2, -0.15) is 14.6 Å². The van der Waals surface area contributed by atoms with Crippen LogP contribution in [0.5, 0.6) is 0 Å². The summed E-state index contributed by atoms with van der Waals surface area (Å²) in [7, 11) is 0. The predicted molar refractivity (Wildman–Crippen MR) is 95.6 cm³/mol. The Labute approximate surface area is 158 Å². The number of aromatic nitrogens is 6. The number of fused-ring (bicyclic) bond motifs is 1. The van der Waals surface area contributed by atoms with Crippen molar-refractivity contribution in [1.82, 2.24) is 34.8 Å². The number of carbonyl (C=O) groups excluding carboxylic acids is 1. The van der Waals surface area contributed by atoms with Crippen LogP contribution in [0.15, 0.2) is 41.3 Å². The third-order valence-corrected chi connectivity index (χ3v) is 4.37. The minimum atomic E-state index is -0.350. The monoisotopic (exact) mass is 381 g/mol. The lowest BCUT2D eigenvalue weighted by atomic mass is 10.1. The van der Waals surface area contributed by atoms with Crippen molar-refractivity contribution >= 4 is 11.7 Å². The number of amides is 1. The lowest BCUT2D eigenvalue weighted by molar-refractivity contribution is 0.0739. The first-order chi connectivity index (χ1) is 13.6. The Hall–Kier alpha value is -3.69. The minimum absolute atomic E-state index is 0.245. The summed E-state index contributed by atoms with van der Waals surface area (Å²) in [6, 6.07) is 7.49. The molecule has 0 spiro atoms. The lowest BCUT2D eigenvalue weighted by Gasteiger charge is -2.20. The molecular weight excluding hydrogens is 365 g/mol. The van der Waals surface area contributed by atoms with E-state index in [4.69, 9.17) is 4.63 Å². The van der Waals surface area contributed by atoms with Crippen LogP contribution in [0.25, 0.3) is 17.0 Å². The first-order valence-corrected chi connectivity index (χ1v) is 8.61. The molecule has 0 aliphatic heterocycles. The van der Waals surface area contributed by atoms with Crippen LogP contribution in [0, 0.1) is 12.7 Å². The summed E-state index contributed by atoms with van der Waals surface area (Å²) in [4.78, 5) is 23.3. The molecule has 0 radical (unpaired) electrons. The third-order valence-electron chi connectivity index (χ3n) is 4.37. The van der Waals surface area contributed by atoms with E-state index in [1.54, 1.807) is 30.0 Å². The zero-order valence-electron chi connectivity index (χ0n) is 15.2. The number of rotatable bonds is 5. The molecule has 10 heteroatoms. The molecule has 4 aromatic rings. The average Bonchev–Trinajstić information content (AvgIpc) is 3.34. The van der Waals surface area contributed by atoms with Gasteiger partial charge in [0, 0.05) is 12.1 Å². The number of carbonyl (C=O) groups is 1. The number of aryl methyl sites for hydroxylation is 1. The molecule has 0 N–H and O–H groups in total. The highest BCUT2D eigenvalue weighted by molar-refractivity contribution is 5.94. The molecule has 0 unspecified atom stereocenters. The van der Waals surface area contributed by atoms with Crippen LogP contribution in [0.2, 0.25) is 0 Å². The SMILES string of the molecule is CCN(Cc1nonc1C)C(=O)c1cc(-c2ccc(F)cc2)nc2ncnn12. The van der Waals surface area contributed by atoms with Gasteiger partial charge >= 0.3 is 0 Å². The van der Waals surface area contributed by atoms with Gasteiger partial charge in [0.15, 0.2) is 0 Å². The van der Waals surface area contributed by atoms with Crippen molar-refractivity contribution in [1.29, 1.82) is 0 Å². The Bertz CT molecular complexity index is 1140. The summed E-state index contributed by atoms with van der Waals surface area (Å²) in [6.07, 6.45) is 1.33. The van der Waals surface area contributed by atoms with Crippen molar-refractivity contribution in [3.63, 3.8) is 0 Å². The van der Waals surface area contributed by atoms with Crippen LogP contribution < -0.4 is 0 Å². The third kappa shape index (κ3) is 3.20. The van der Waals surface area contributed by atoms with Crippen molar-refractivity contribution in [2.75, 3.05) is 6.54 Å². The van der Waals surface area contributed by atoms with E-state index in [0.29, 0.717) is 29.2 Å². The molecule has 1 amide bonds. The molecule has 0 fully saturated rings. The molecule has 9 nitrogen and oxygen atoms in total. The quantitative estimate of drug-likeness (QED) is 0.522. The summed E-state index contributed by atoms with van der Waals surface area (Å²) >= 11 is 0. The fraction of sp³-hybridized carbons (Fsp3) is 0.222. The number of halogens is 1. The Morgan fingerprint density at radius 1 is 1.25 bits per heavy atom. The molecular formula is C18H16FN7O2. The molecule has 3 aromatic heterocycles. The summed E-state index contributed by atoms with van der Waals surface area (Å²) in [5.41, 5.74) is 2.66. The molecule has 142 valence electrons. The highest BCUT2D eigenvalue weighted by Gasteiger charge is 2.22. The van der Waals surface area contributed by atoms with E-state index < -0.39 is 0 Å². The topological polar surface area (TPSA) is 102 Å². The molecule has 0 bridgehead atoms. The summed E-state index contributed by atoms with van der Waals surface area (Å²) < 4.78 is 19.3. The van der Waals surface area contributed by atoms with Gasteiger partial charge in [-0.3, -0.25) is 4.79 Å². The maximum absolute atomic E-state index is 13.3. The van der Waals surface area contributed by atoms with Gasteiger partial charge in [-0.05, 0) is 44.2 Å². The molecule has 0 saturated carbocycles. The van der Waals surface area contributed by atoms with Crippen LogP contribution in [0.3, 0.4) is 0 Å². The Morgan fingerprint density at radius 2 is 2.04 bits per heavy atom. The van der Waals surface area contributed by atoms with Gasteiger partial charge in [-0.25, -0.2) is 14.0 Å². The van der Waals surface area contributed by atoms with E-state index in [1.807, 2.05) is 6.92 Å². The predicted octanol–water partition coefficient (Wildman–Crippen LogP) is 2.28. The van der Waals surface area contributed by atoms with Crippen molar-refractivity contribution < 1.29 is 13.8 Å². The van der Waals surface area contributed by atoms with Gasteiger partial charge in [-0.1, -0.05) is 10.3 Å². The Kier molecular flexibility index (Phi) is 4.52. The average molecular weight is 381 g/mol. The molecule has 28 heavy (non-hydrogen) atoms. The smallest absolute Gasteiger partial charge is 0.273 e. The van der Waals surface area contributed by atoms with Crippen LogP contribution in [-0.2, 0) is 6.54 Å². The molecule has 0 saturated heterocycles. The fourth-order valence-corrected chi connectivity index (χ4v) is 2.80. The van der Waals surface area contributed by atoms with E-state index in [0.717, 1.165) is 0 Å². The highest BCUT2D eigenvalue weighted by atomic mass is 19.1. The second-order valence-corrected chi connectivity index (χ2v) is 6.12. The maximum atomic E-state index is 13.3. The van der Waals surface area contributed by atoms with Crippen molar-refractivity contribution in [3.8, 4) is 11.3 Å². The van der Waals surface area contributed by atoms with Gasteiger partial charge < -0.3 is 4.90 Å². The van der Waals surface area contributed by atoms with E-state index in [9.17, 15) is 9.18 Å². The van der Waals surface area contributed by atoms with Gasteiger partial charge in [-0.15, -0.1) is 0 Å². The van der Waals surface area contributed by atoms with Crippen LogP contribution in [-0.4, -0.2) is 47.2 Å². The van der Waals surface area contributed by atoms with Crippen LogP contribution in [0.1, 0.15) is 28.8 Å². The minimum Gasteiger partial charge on any atom is -0.331 e. The van der Waals surface area contributed by atoms with Gasteiger partial charge in [0.2, 0.25) is 0 Å². The molecule has 0 atom stereocenters. The van der Waals surface area contributed by atoms with Crippen LogP contribution >= 0.6 is 0 Å². The lowest BCUT2D eigenvalue weighted by Crippen LogP contribution is -2.32. The van der Waals surface area contributed by atoms with E-state index >= 15 is 0 Å². The standard InChI is InChI=1S/C18H16FN7O2/c1-3-25(9-15-11(2)23-28-24-15)17(27)16-8-14(12-4-6-13(19)7-5-12)22-18-20-10-21-26(16)18/h4-8,10H,3,9H2,1-2H3. The number of benzene rings is 1. The van der Waals surface area contributed by atoms with Crippen molar-refractivity contribution in [2.24, 2.45) is 0 Å². The molecule has 1 aromatic carbocycles. The normalized spacial score (nSPS) is 11.1. The number of hydrogen-bond donors (Lipinski definition) is 0. The molecule has 0 aliphatic carbocycles. The van der Waals surface area contributed by atoms with Crippen molar-refractivity contribution in [2.45, 2.75) is 20.4 Å².